The Kier molecular flexibility index (Phi) is 3.90. The van der Waals surface area contributed by atoms with Gasteiger partial charge in [-0.3, -0.25) is 9.58 Å². The third-order valence-electron chi connectivity index (χ3n) is 4.03. The van der Waals surface area contributed by atoms with Crippen LogP contribution in [0, 0.1) is 0 Å². The maximum absolute atomic E-state index is 4.79. The van der Waals surface area contributed by atoms with Crippen molar-refractivity contribution in [3.8, 4) is 0 Å². The number of rotatable bonds is 3. The quantitative estimate of drug-likeness (QED) is 0.738. The van der Waals surface area contributed by atoms with Gasteiger partial charge in [0.15, 0.2) is 0 Å². The number of thiazole rings is 1. The van der Waals surface area contributed by atoms with Crippen LogP contribution in [0.25, 0.3) is 10.2 Å². The van der Waals surface area contributed by atoms with Gasteiger partial charge in [0.2, 0.25) is 0 Å². The number of aryl methyl sites for hydroxylation is 1. The van der Waals surface area contributed by atoms with Gasteiger partial charge < -0.3 is 0 Å². The Balaban J connectivity index is 1.59. The van der Waals surface area contributed by atoms with Gasteiger partial charge in [-0.1, -0.05) is 12.1 Å². The molecule has 2 aromatic heterocycles. The molecule has 1 atom stereocenters. The molecule has 0 unspecified atom stereocenters. The van der Waals surface area contributed by atoms with Crippen LogP contribution in [0.3, 0.4) is 0 Å². The highest BCUT2D eigenvalue weighted by atomic mass is 32.2. The summed E-state index contributed by atoms with van der Waals surface area (Å²) in [5, 5.41) is 5.55. The van der Waals surface area contributed by atoms with Crippen molar-refractivity contribution in [2.75, 3.05) is 18.1 Å². The second kappa shape index (κ2) is 6.02. The second-order valence-electron chi connectivity index (χ2n) is 5.58. The summed E-state index contributed by atoms with van der Waals surface area (Å²) in [7, 11) is 1.98. The fourth-order valence-corrected chi connectivity index (χ4v) is 5.06. The van der Waals surface area contributed by atoms with E-state index >= 15 is 0 Å². The summed E-state index contributed by atoms with van der Waals surface area (Å²) >= 11 is 3.84. The van der Waals surface area contributed by atoms with Crippen molar-refractivity contribution >= 4 is 33.3 Å². The molecule has 22 heavy (non-hydrogen) atoms. The van der Waals surface area contributed by atoms with E-state index in [0.717, 1.165) is 24.4 Å². The van der Waals surface area contributed by atoms with Crippen LogP contribution in [0.5, 0.6) is 0 Å². The van der Waals surface area contributed by atoms with Gasteiger partial charge in [0.25, 0.3) is 0 Å². The number of thioether (sulfide) groups is 1. The van der Waals surface area contributed by atoms with E-state index in [1.807, 2.05) is 41.0 Å². The maximum atomic E-state index is 4.79. The highest BCUT2D eigenvalue weighted by molar-refractivity contribution is 7.99. The number of aromatic nitrogens is 3. The van der Waals surface area contributed by atoms with Gasteiger partial charge in [-0.25, -0.2) is 4.98 Å². The summed E-state index contributed by atoms with van der Waals surface area (Å²) in [5.41, 5.74) is 2.43. The maximum Gasteiger partial charge on any atom is 0.108 e. The Morgan fingerprint density at radius 2 is 2.23 bits per heavy atom. The van der Waals surface area contributed by atoms with Crippen LogP contribution < -0.4 is 0 Å². The Morgan fingerprint density at radius 1 is 1.32 bits per heavy atom. The van der Waals surface area contributed by atoms with Crippen LogP contribution in [0.15, 0.2) is 36.7 Å². The minimum Gasteiger partial charge on any atom is -0.288 e. The van der Waals surface area contributed by atoms with Crippen molar-refractivity contribution in [3.05, 3.63) is 47.2 Å². The number of para-hydroxylation sites is 1. The van der Waals surface area contributed by atoms with Crippen molar-refractivity contribution < 1.29 is 0 Å². The molecule has 0 radical (unpaired) electrons. The molecule has 0 bridgehead atoms. The second-order valence-corrected chi connectivity index (χ2v) is 7.85. The molecule has 1 aromatic carbocycles. The van der Waals surface area contributed by atoms with E-state index in [9.17, 15) is 0 Å². The monoisotopic (exact) mass is 330 g/mol. The van der Waals surface area contributed by atoms with Crippen molar-refractivity contribution in [1.29, 1.82) is 0 Å². The minimum atomic E-state index is 0.444. The molecule has 0 N–H and O–H groups in total. The highest BCUT2D eigenvalue weighted by Gasteiger charge is 2.26. The zero-order chi connectivity index (χ0) is 14.9. The Labute approximate surface area is 138 Å². The van der Waals surface area contributed by atoms with E-state index in [1.54, 1.807) is 0 Å². The summed E-state index contributed by atoms with van der Waals surface area (Å²) in [6.07, 6.45) is 4.14. The van der Waals surface area contributed by atoms with Crippen molar-refractivity contribution in [1.82, 2.24) is 19.7 Å². The molecule has 6 heteroatoms. The SMILES string of the molecule is Cn1cc([C@@H]2CSCCN2Cc2nc3ccccc3s2)cn1. The third kappa shape index (κ3) is 2.78. The van der Waals surface area contributed by atoms with Crippen LogP contribution in [0.1, 0.15) is 16.6 Å². The third-order valence-corrected chi connectivity index (χ3v) is 6.07. The number of benzene rings is 1. The smallest absolute Gasteiger partial charge is 0.108 e. The van der Waals surface area contributed by atoms with Crippen LogP contribution in [0.4, 0.5) is 0 Å². The number of fused-ring (bicyclic) bond motifs is 1. The first-order valence-electron chi connectivity index (χ1n) is 7.44. The van der Waals surface area contributed by atoms with E-state index in [0.29, 0.717) is 6.04 Å². The fraction of sp³-hybridized carbons (Fsp3) is 0.375. The van der Waals surface area contributed by atoms with Gasteiger partial charge in [0.1, 0.15) is 5.01 Å². The van der Waals surface area contributed by atoms with Crippen molar-refractivity contribution in [2.24, 2.45) is 7.05 Å². The van der Waals surface area contributed by atoms with E-state index < -0.39 is 0 Å². The number of nitrogens with zero attached hydrogens (tertiary/aromatic N) is 4. The number of hydrogen-bond acceptors (Lipinski definition) is 5. The molecule has 1 fully saturated rings. The molecule has 1 aliphatic heterocycles. The largest absolute Gasteiger partial charge is 0.288 e. The molecule has 4 rings (SSSR count). The van der Waals surface area contributed by atoms with Gasteiger partial charge in [-0.2, -0.15) is 16.9 Å². The minimum absolute atomic E-state index is 0.444. The molecule has 3 heterocycles. The fourth-order valence-electron chi connectivity index (χ4n) is 2.91. The first kappa shape index (κ1) is 14.2. The molecule has 3 aromatic rings. The van der Waals surface area contributed by atoms with Gasteiger partial charge >= 0.3 is 0 Å². The lowest BCUT2D eigenvalue weighted by Crippen LogP contribution is -2.35. The summed E-state index contributed by atoms with van der Waals surface area (Å²) < 4.78 is 3.17. The first-order chi connectivity index (χ1) is 10.8. The Morgan fingerprint density at radius 3 is 3.05 bits per heavy atom. The molecule has 0 amide bonds. The lowest BCUT2D eigenvalue weighted by molar-refractivity contribution is 0.212. The number of hydrogen-bond donors (Lipinski definition) is 0. The van der Waals surface area contributed by atoms with E-state index in [1.165, 1.54) is 21.0 Å². The summed E-state index contributed by atoms with van der Waals surface area (Å²) in [5.74, 6) is 2.33. The average Bonchev–Trinajstić information content (AvgIpc) is 3.13. The van der Waals surface area contributed by atoms with Gasteiger partial charge in [-0.05, 0) is 12.1 Å². The molecule has 0 aliphatic carbocycles. The predicted molar refractivity (Wildman–Crippen MR) is 93.3 cm³/mol. The van der Waals surface area contributed by atoms with Crippen LogP contribution in [0.2, 0.25) is 0 Å². The molecular weight excluding hydrogens is 312 g/mol. The lowest BCUT2D eigenvalue weighted by Gasteiger charge is -2.34. The Bertz CT molecular complexity index is 746. The normalized spacial score (nSPS) is 19.8. The molecule has 4 nitrogen and oxygen atoms in total. The first-order valence-corrected chi connectivity index (χ1v) is 9.41. The van der Waals surface area contributed by atoms with Crippen molar-refractivity contribution in [3.63, 3.8) is 0 Å². The summed E-state index contributed by atoms with van der Waals surface area (Å²) in [4.78, 5) is 7.34. The molecule has 1 saturated heterocycles. The lowest BCUT2D eigenvalue weighted by atomic mass is 10.1. The molecule has 1 aliphatic rings. The predicted octanol–water partition coefficient (Wildman–Crippen LogP) is 3.32. The summed E-state index contributed by atoms with van der Waals surface area (Å²) in [6, 6.07) is 8.84. The van der Waals surface area contributed by atoms with E-state index in [4.69, 9.17) is 4.98 Å². The highest BCUT2D eigenvalue weighted by Crippen LogP contribution is 2.32. The van der Waals surface area contributed by atoms with Gasteiger partial charge in [0, 0.05) is 42.9 Å². The Hall–Kier alpha value is -1.37. The average molecular weight is 330 g/mol. The van der Waals surface area contributed by atoms with E-state index in [2.05, 4.69) is 40.5 Å². The van der Waals surface area contributed by atoms with Gasteiger partial charge in [0.05, 0.1) is 23.0 Å². The summed E-state index contributed by atoms with van der Waals surface area (Å²) in [6.45, 7) is 2.04. The van der Waals surface area contributed by atoms with Crippen LogP contribution in [-0.2, 0) is 13.6 Å². The molecular formula is C16H18N4S2. The van der Waals surface area contributed by atoms with Crippen LogP contribution in [-0.4, -0.2) is 37.7 Å². The van der Waals surface area contributed by atoms with Gasteiger partial charge in [-0.15, -0.1) is 11.3 Å². The molecule has 114 valence electrons. The standard InChI is InChI=1S/C16H18N4S2/c1-19-9-12(8-17-19)14-11-21-7-6-20(14)10-16-18-13-4-2-3-5-15(13)22-16/h2-5,8-9,14H,6-7,10-11H2,1H3/t14-/m0/s1. The topological polar surface area (TPSA) is 34.0 Å². The zero-order valence-corrected chi connectivity index (χ0v) is 14.1. The molecule has 0 spiro atoms. The zero-order valence-electron chi connectivity index (χ0n) is 12.5. The van der Waals surface area contributed by atoms with E-state index in [-0.39, 0.29) is 0 Å². The molecule has 0 saturated carbocycles. The van der Waals surface area contributed by atoms with Crippen molar-refractivity contribution in [2.45, 2.75) is 12.6 Å². The van der Waals surface area contributed by atoms with Crippen LogP contribution >= 0.6 is 23.1 Å².